The molecule has 0 saturated heterocycles. The molecule has 0 aromatic heterocycles. The highest BCUT2D eigenvalue weighted by Gasteiger charge is 2.09. The average molecular weight is 292 g/mol. The van der Waals surface area contributed by atoms with Crippen LogP contribution >= 0.6 is 0 Å². The summed E-state index contributed by atoms with van der Waals surface area (Å²) in [6, 6.07) is 4.24. The van der Waals surface area contributed by atoms with E-state index in [-0.39, 0.29) is 12.5 Å². The van der Waals surface area contributed by atoms with Crippen LogP contribution < -0.4 is 21.7 Å². The molecule has 0 spiro atoms. The number of nitrogens with one attached hydrogen (secondary N) is 3. The highest BCUT2D eigenvalue weighted by atomic mass is 16.2. The minimum absolute atomic E-state index is 0.111. The van der Waals surface area contributed by atoms with Gasteiger partial charge < -0.3 is 21.7 Å². The second-order valence-corrected chi connectivity index (χ2v) is 4.55. The molecule has 1 rings (SSSR count). The van der Waals surface area contributed by atoms with Crippen LogP contribution in [0.2, 0.25) is 0 Å². The first kappa shape index (κ1) is 16.5. The molecule has 7 nitrogen and oxygen atoms in total. The van der Waals surface area contributed by atoms with Crippen LogP contribution in [0.5, 0.6) is 0 Å². The van der Waals surface area contributed by atoms with Crippen molar-refractivity contribution in [3.05, 3.63) is 29.3 Å². The minimum Gasteiger partial charge on any atom is -0.366 e. The van der Waals surface area contributed by atoms with E-state index in [0.29, 0.717) is 17.8 Å². The Balaban J connectivity index is 2.56. The average Bonchev–Trinajstić information content (AvgIpc) is 2.45. The van der Waals surface area contributed by atoms with E-state index >= 15 is 0 Å². The number of hydrogen-bond donors (Lipinski definition) is 4. The largest absolute Gasteiger partial charge is 0.366 e. The maximum absolute atomic E-state index is 11.7. The Morgan fingerprint density at radius 3 is 2.52 bits per heavy atom. The van der Waals surface area contributed by atoms with Gasteiger partial charge in [-0.1, -0.05) is 13.0 Å². The van der Waals surface area contributed by atoms with Gasteiger partial charge in [-0.15, -0.1) is 0 Å². The Labute approximate surface area is 123 Å². The van der Waals surface area contributed by atoms with Crippen molar-refractivity contribution in [2.24, 2.45) is 5.73 Å². The molecule has 0 fully saturated rings. The number of aryl methyl sites for hydroxylation is 1. The Hall–Kier alpha value is -2.57. The van der Waals surface area contributed by atoms with Gasteiger partial charge in [0.15, 0.2) is 0 Å². The molecular weight excluding hydrogens is 272 g/mol. The van der Waals surface area contributed by atoms with Crippen molar-refractivity contribution in [2.75, 3.05) is 18.4 Å². The van der Waals surface area contributed by atoms with Crippen molar-refractivity contribution in [1.29, 1.82) is 0 Å². The second-order valence-electron chi connectivity index (χ2n) is 4.55. The zero-order valence-electron chi connectivity index (χ0n) is 12.2. The summed E-state index contributed by atoms with van der Waals surface area (Å²) in [6.45, 7) is 4.19. The molecule has 0 aliphatic carbocycles. The normalized spacial score (nSPS) is 9.81. The Morgan fingerprint density at radius 1 is 1.19 bits per heavy atom. The first-order valence-corrected chi connectivity index (χ1v) is 6.66. The Morgan fingerprint density at radius 2 is 1.90 bits per heavy atom. The lowest BCUT2D eigenvalue weighted by molar-refractivity contribution is -0.120. The topological polar surface area (TPSA) is 113 Å². The van der Waals surface area contributed by atoms with Crippen LogP contribution in [0, 0.1) is 6.92 Å². The number of nitrogens with two attached hydrogens (primary N) is 1. The van der Waals surface area contributed by atoms with E-state index in [9.17, 15) is 14.4 Å². The summed E-state index contributed by atoms with van der Waals surface area (Å²) in [5.74, 6) is -0.827. The SMILES string of the molecule is CCCNC(=O)CNC(=O)Nc1cc(C(N)=O)ccc1C. The van der Waals surface area contributed by atoms with Crippen LogP contribution in [-0.2, 0) is 4.79 Å². The summed E-state index contributed by atoms with van der Waals surface area (Å²) >= 11 is 0. The third kappa shape index (κ3) is 5.52. The lowest BCUT2D eigenvalue weighted by atomic mass is 10.1. The summed E-state index contributed by atoms with van der Waals surface area (Å²) < 4.78 is 0. The minimum atomic E-state index is -0.572. The van der Waals surface area contributed by atoms with Crippen LogP contribution in [-0.4, -0.2) is 30.9 Å². The van der Waals surface area contributed by atoms with E-state index in [1.54, 1.807) is 19.1 Å². The highest BCUT2D eigenvalue weighted by Crippen LogP contribution is 2.16. The number of carbonyl (C=O) groups is 3. The summed E-state index contributed by atoms with van der Waals surface area (Å²) in [5.41, 5.74) is 6.74. The number of anilines is 1. The molecule has 7 heteroatoms. The van der Waals surface area contributed by atoms with Crippen molar-refractivity contribution < 1.29 is 14.4 Å². The van der Waals surface area contributed by atoms with Crippen molar-refractivity contribution in [1.82, 2.24) is 10.6 Å². The fourth-order valence-electron chi connectivity index (χ4n) is 1.56. The van der Waals surface area contributed by atoms with E-state index in [2.05, 4.69) is 16.0 Å². The summed E-state index contributed by atoms with van der Waals surface area (Å²) in [6.07, 6.45) is 0.830. The number of amides is 4. The first-order chi connectivity index (χ1) is 9.93. The second kappa shape index (κ2) is 7.88. The predicted octanol–water partition coefficient (Wildman–Crippen LogP) is 0.742. The van der Waals surface area contributed by atoms with Crippen LogP contribution in [0.15, 0.2) is 18.2 Å². The standard InChI is InChI=1S/C14H20N4O3/c1-3-6-16-12(19)8-17-14(21)18-11-7-10(13(15)20)5-4-9(11)2/h4-5,7H,3,6,8H2,1-2H3,(H2,15,20)(H,16,19)(H2,17,18,21). The van der Waals surface area contributed by atoms with Crippen LogP contribution in [0.1, 0.15) is 29.3 Å². The lowest BCUT2D eigenvalue weighted by Gasteiger charge is -2.11. The fourth-order valence-corrected chi connectivity index (χ4v) is 1.56. The summed E-state index contributed by atoms with van der Waals surface area (Å²) in [7, 11) is 0. The quantitative estimate of drug-likeness (QED) is 0.620. The molecule has 0 atom stereocenters. The van der Waals surface area contributed by atoms with E-state index in [0.717, 1.165) is 12.0 Å². The molecule has 0 bridgehead atoms. The van der Waals surface area contributed by atoms with Gasteiger partial charge >= 0.3 is 6.03 Å². The number of rotatable bonds is 6. The van der Waals surface area contributed by atoms with Crippen LogP contribution in [0.3, 0.4) is 0 Å². The van der Waals surface area contributed by atoms with E-state index < -0.39 is 11.9 Å². The fraction of sp³-hybridized carbons (Fsp3) is 0.357. The maximum atomic E-state index is 11.7. The molecule has 114 valence electrons. The molecule has 21 heavy (non-hydrogen) atoms. The number of urea groups is 1. The highest BCUT2D eigenvalue weighted by molar-refractivity contribution is 5.97. The zero-order chi connectivity index (χ0) is 15.8. The van der Waals surface area contributed by atoms with Crippen LogP contribution in [0.4, 0.5) is 10.5 Å². The number of carbonyl (C=O) groups excluding carboxylic acids is 3. The van der Waals surface area contributed by atoms with Gasteiger partial charge in [-0.25, -0.2) is 4.79 Å². The van der Waals surface area contributed by atoms with Crippen molar-refractivity contribution >= 4 is 23.5 Å². The van der Waals surface area contributed by atoms with Gasteiger partial charge in [0.25, 0.3) is 0 Å². The van der Waals surface area contributed by atoms with Gasteiger partial charge in [-0.05, 0) is 31.0 Å². The van der Waals surface area contributed by atoms with Crippen molar-refractivity contribution in [3.63, 3.8) is 0 Å². The van der Waals surface area contributed by atoms with E-state index in [1.807, 2.05) is 6.92 Å². The predicted molar refractivity (Wildman–Crippen MR) is 80.0 cm³/mol. The smallest absolute Gasteiger partial charge is 0.319 e. The number of benzene rings is 1. The maximum Gasteiger partial charge on any atom is 0.319 e. The first-order valence-electron chi connectivity index (χ1n) is 6.66. The van der Waals surface area contributed by atoms with Gasteiger partial charge in [0.05, 0.1) is 6.54 Å². The Kier molecular flexibility index (Phi) is 6.19. The molecule has 0 aliphatic heterocycles. The Bertz CT molecular complexity index is 543. The molecule has 0 saturated carbocycles. The lowest BCUT2D eigenvalue weighted by Crippen LogP contribution is -2.39. The van der Waals surface area contributed by atoms with E-state index in [4.69, 9.17) is 5.73 Å². The molecule has 5 N–H and O–H groups in total. The van der Waals surface area contributed by atoms with Gasteiger partial charge in [-0.3, -0.25) is 9.59 Å². The third-order valence-corrected chi connectivity index (χ3v) is 2.75. The third-order valence-electron chi connectivity index (χ3n) is 2.75. The van der Waals surface area contributed by atoms with E-state index in [1.165, 1.54) is 6.07 Å². The van der Waals surface area contributed by atoms with Crippen molar-refractivity contribution in [3.8, 4) is 0 Å². The molecule has 1 aromatic rings. The molecule has 0 unspecified atom stereocenters. The molecule has 1 aromatic carbocycles. The monoisotopic (exact) mass is 292 g/mol. The van der Waals surface area contributed by atoms with Gasteiger partial charge in [0.1, 0.15) is 0 Å². The molecule has 4 amide bonds. The number of primary amides is 1. The molecule has 0 heterocycles. The molecular formula is C14H20N4O3. The summed E-state index contributed by atoms with van der Waals surface area (Å²) in [5, 5.41) is 7.66. The van der Waals surface area contributed by atoms with Gasteiger partial charge in [0, 0.05) is 17.8 Å². The van der Waals surface area contributed by atoms with Crippen molar-refractivity contribution in [2.45, 2.75) is 20.3 Å². The molecule has 0 aliphatic rings. The van der Waals surface area contributed by atoms with Gasteiger partial charge in [-0.2, -0.15) is 0 Å². The molecule has 0 radical (unpaired) electrons. The van der Waals surface area contributed by atoms with Gasteiger partial charge in [0.2, 0.25) is 11.8 Å². The zero-order valence-corrected chi connectivity index (χ0v) is 12.2. The summed E-state index contributed by atoms with van der Waals surface area (Å²) in [4.78, 5) is 34.2. The van der Waals surface area contributed by atoms with Crippen LogP contribution in [0.25, 0.3) is 0 Å². The number of hydrogen-bond acceptors (Lipinski definition) is 3.